The molecule has 0 unspecified atom stereocenters. The normalized spacial score (nSPS) is 16.9. The standard InChI is InChI=1S/C21H36N4O2S/c1-4-6-15-25-16-12-19(13-17-25)24-21(22-5-2)23-14-11-18-7-9-20(10-8-18)28(3,26)27/h7-10,19H,4-6,11-17H2,1-3H3,(H2,22,23,24). The molecule has 0 atom stereocenters. The maximum atomic E-state index is 11.5. The lowest BCUT2D eigenvalue weighted by Gasteiger charge is -2.33. The van der Waals surface area contributed by atoms with Gasteiger partial charge in [0.15, 0.2) is 15.8 Å². The Bertz CT molecular complexity index is 708. The van der Waals surface area contributed by atoms with Crippen LogP contribution in [-0.4, -0.2) is 64.3 Å². The molecule has 6 nitrogen and oxygen atoms in total. The van der Waals surface area contributed by atoms with Crippen LogP contribution in [0.3, 0.4) is 0 Å². The van der Waals surface area contributed by atoms with Crippen LogP contribution < -0.4 is 10.6 Å². The molecular formula is C21H36N4O2S. The Labute approximate surface area is 170 Å². The number of nitrogens with one attached hydrogen (secondary N) is 2. The van der Waals surface area contributed by atoms with Gasteiger partial charge in [-0.1, -0.05) is 25.5 Å². The van der Waals surface area contributed by atoms with Gasteiger partial charge in [0.2, 0.25) is 0 Å². The third-order valence-electron chi connectivity index (χ3n) is 5.12. The fraction of sp³-hybridized carbons (Fsp3) is 0.667. The SMILES string of the molecule is CCCCN1CCC(NC(=NCCc2ccc(S(C)(=O)=O)cc2)NCC)CC1. The molecule has 158 valence electrons. The van der Waals surface area contributed by atoms with Crippen molar-refractivity contribution in [2.45, 2.75) is 56.9 Å². The molecule has 1 fully saturated rings. The molecule has 0 aromatic heterocycles. The number of benzene rings is 1. The van der Waals surface area contributed by atoms with Gasteiger partial charge >= 0.3 is 0 Å². The highest BCUT2D eigenvalue weighted by Gasteiger charge is 2.19. The third kappa shape index (κ3) is 7.80. The van der Waals surface area contributed by atoms with Crippen molar-refractivity contribution in [3.05, 3.63) is 29.8 Å². The zero-order chi connectivity index (χ0) is 20.4. The van der Waals surface area contributed by atoms with Crippen LogP contribution in [0.15, 0.2) is 34.2 Å². The molecule has 0 spiro atoms. The highest BCUT2D eigenvalue weighted by atomic mass is 32.2. The summed E-state index contributed by atoms with van der Waals surface area (Å²) in [7, 11) is -3.14. The van der Waals surface area contributed by atoms with Gasteiger partial charge in [0, 0.05) is 38.5 Å². The molecule has 2 N–H and O–H groups in total. The largest absolute Gasteiger partial charge is 0.357 e. The minimum absolute atomic E-state index is 0.361. The number of hydrogen-bond donors (Lipinski definition) is 2. The van der Waals surface area contributed by atoms with E-state index in [9.17, 15) is 8.42 Å². The van der Waals surface area contributed by atoms with E-state index in [2.05, 4.69) is 29.4 Å². The summed E-state index contributed by atoms with van der Waals surface area (Å²) in [4.78, 5) is 7.63. The first-order valence-electron chi connectivity index (χ1n) is 10.5. The van der Waals surface area contributed by atoms with E-state index in [1.54, 1.807) is 12.1 Å². The molecule has 1 heterocycles. The van der Waals surface area contributed by atoms with Crippen LogP contribution in [0.4, 0.5) is 0 Å². The second-order valence-electron chi connectivity index (χ2n) is 7.54. The van der Waals surface area contributed by atoms with E-state index >= 15 is 0 Å². The molecule has 1 aliphatic heterocycles. The summed E-state index contributed by atoms with van der Waals surface area (Å²) >= 11 is 0. The van der Waals surface area contributed by atoms with Gasteiger partial charge in [-0.3, -0.25) is 4.99 Å². The number of guanidine groups is 1. The molecule has 1 aliphatic rings. The predicted octanol–water partition coefficient (Wildman–Crippen LogP) is 2.45. The second kappa shape index (κ2) is 11.4. The molecule has 1 aromatic rings. The Morgan fingerprint density at radius 2 is 1.86 bits per heavy atom. The Morgan fingerprint density at radius 3 is 2.43 bits per heavy atom. The van der Waals surface area contributed by atoms with Gasteiger partial charge < -0.3 is 15.5 Å². The van der Waals surface area contributed by atoms with Crippen LogP contribution in [0.2, 0.25) is 0 Å². The molecule has 0 amide bonds. The van der Waals surface area contributed by atoms with Crippen LogP contribution in [0.1, 0.15) is 45.1 Å². The number of rotatable bonds is 9. The van der Waals surface area contributed by atoms with Gasteiger partial charge in [0.1, 0.15) is 0 Å². The molecule has 7 heteroatoms. The number of aliphatic imine (C=N–C) groups is 1. The zero-order valence-electron chi connectivity index (χ0n) is 17.6. The number of hydrogen-bond acceptors (Lipinski definition) is 4. The summed E-state index contributed by atoms with van der Waals surface area (Å²) in [6.07, 6.45) is 6.87. The highest BCUT2D eigenvalue weighted by Crippen LogP contribution is 2.12. The first-order chi connectivity index (χ1) is 13.4. The Balaban J connectivity index is 1.82. The lowest BCUT2D eigenvalue weighted by atomic mass is 10.0. The zero-order valence-corrected chi connectivity index (χ0v) is 18.4. The maximum absolute atomic E-state index is 11.5. The lowest BCUT2D eigenvalue weighted by Crippen LogP contribution is -2.48. The van der Waals surface area contributed by atoms with Crippen molar-refractivity contribution in [2.24, 2.45) is 4.99 Å². The molecule has 2 rings (SSSR count). The maximum Gasteiger partial charge on any atom is 0.191 e. The van der Waals surface area contributed by atoms with Crippen molar-refractivity contribution in [1.82, 2.24) is 15.5 Å². The Kier molecular flexibility index (Phi) is 9.25. The van der Waals surface area contributed by atoms with Crippen molar-refractivity contribution in [1.29, 1.82) is 0 Å². The van der Waals surface area contributed by atoms with E-state index in [1.165, 1.54) is 25.6 Å². The number of sulfone groups is 1. The fourth-order valence-corrected chi connectivity index (χ4v) is 4.03. The van der Waals surface area contributed by atoms with Crippen LogP contribution in [0, 0.1) is 0 Å². The van der Waals surface area contributed by atoms with Gasteiger partial charge in [0.05, 0.1) is 4.90 Å². The summed E-state index contributed by atoms with van der Waals surface area (Å²) < 4.78 is 23.1. The van der Waals surface area contributed by atoms with Crippen LogP contribution >= 0.6 is 0 Å². The van der Waals surface area contributed by atoms with Crippen molar-refractivity contribution in [3.8, 4) is 0 Å². The number of unbranched alkanes of at least 4 members (excludes halogenated alkanes) is 1. The number of piperidine rings is 1. The Hall–Kier alpha value is -1.60. The molecule has 0 bridgehead atoms. The molecule has 0 aliphatic carbocycles. The van der Waals surface area contributed by atoms with Gasteiger partial charge in [-0.15, -0.1) is 0 Å². The summed E-state index contributed by atoms with van der Waals surface area (Å²) in [6, 6.07) is 7.56. The quantitative estimate of drug-likeness (QED) is 0.485. The third-order valence-corrected chi connectivity index (χ3v) is 6.25. The monoisotopic (exact) mass is 408 g/mol. The van der Waals surface area contributed by atoms with Gasteiger partial charge in [-0.05, 0) is 56.8 Å². The van der Waals surface area contributed by atoms with Crippen molar-refractivity contribution < 1.29 is 8.42 Å². The van der Waals surface area contributed by atoms with Crippen molar-refractivity contribution in [3.63, 3.8) is 0 Å². The average molecular weight is 409 g/mol. The van der Waals surface area contributed by atoms with Gasteiger partial charge in [-0.2, -0.15) is 0 Å². The topological polar surface area (TPSA) is 73.8 Å². The minimum Gasteiger partial charge on any atom is -0.357 e. The molecule has 28 heavy (non-hydrogen) atoms. The summed E-state index contributed by atoms with van der Waals surface area (Å²) in [5.41, 5.74) is 1.09. The van der Waals surface area contributed by atoms with Crippen LogP contribution in [0.25, 0.3) is 0 Å². The minimum atomic E-state index is -3.14. The van der Waals surface area contributed by atoms with Crippen LogP contribution in [0.5, 0.6) is 0 Å². The average Bonchev–Trinajstić information content (AvgIpc) is 2.67. The summed E-state index contributed by atoms with van der Waals surface area (Å²) in [6.45, 7) is 9.36. The van der Waals surface area contributed by atoms with E-state index in [0.717, 1.165) is 50.4 Å². The molecule has 1 aromatic carbocycles. The first kappa shape index (κ1) is 22.7. The van der Waals surface area contributed by atoms with E-state index in [1.807, 2.05) is 12.1 Å². The number of nitrogens with zero attached hydrogens (tertiary/aromatic N) is 2. The van der Waals surface area contributed by atoms with Crippen molar-refractivity contribution in [2.75, 3.05) is 39.0 Å². The van der Waals surface area contributed by atoms with Gasteiger partial charge in [0.25, 0.3) is 0 Å². The molecule has 0 saturated carbocycles. The summed E-state index contributed by atoms with van der Waals surface area (Å²) in [5.74, 6) is 0.877. The second-order valence-corrected chi connectivity index (χ2v) is 9.56. The van der Waals surface area contributed by atoms with E-state index < -0.39 is 9.84 Å². The van der Waals surface area contributed by atoms with E-state index in [0.29, 0.717) is 17.5 Å². The van der Waals surface area contributed by atoms with Crippen molar-refractivity contribution >= 4 is 15.8 Å². The highest BCUT2D eigenvalue weighted by molar-refractivity contribution is 7.90. The molecular weight excluding hydrogens is 372 g/mol. The summed E-state index contributed by atoms with van der Waals surface area (Å²) in [5, 5.41) is 6.92. The predicted molar refractivity (Wildman–Crippen MR) is 117 cm³/mol. The smallest absolute Gasteiger partial charge is 0.191 e. The Morgan fingerprint density at radius 1 is 1.18 bits per heavy atom. The number of likely N-dealkylation sites (tertiary alicyclic amines) is 1. The molecule has 1 saturated heterocycles. The fourth-order valence-electron chi connectivity index (χ4n) is 3.40. The first-order valence-corrected chi connectivity index (χ1v) is 12.4. The van der Waals surface area contributed by atoms with Crippen LogP contribution in [-0.2, 0) is 16.3 Å². The van der Waals surface area contributed by atoms with Gasteiger partial charge in [-0.25, -0.2) is 8.42 Å². The van der Waals surface area contributed by atoms with E-state index in [-0.39, 0.29) is 0 Å². The van der Waals surface area contributed by atoms with E-state index in [4.69, 9.17) is 4.99 Å². The molecule has 0 radical (unpaired) electrons. The lowest BCUT2D eigenvalue weighted by molar-refractivity contribution is 0.203.